The van der Waals surface area contributed by atoms with E-state index in [2.05, 4.69) is 21.2 Å². The molecule has 0 radical (unpaired) electrons. The summed E-state index contributed by atoms with van der Waals surface area (Å²) in [5.74, 6) is -0.325. The summed E-state index contributed by atoms with van der Waals surface area (Å²) in [5.41, 5.74) is 1.02. The van der Waals surface area contributed by atoms with Gasteiger partial charge >= 0.3 is 0 Å². The van der Waals surface area contributed by atoms with Crippen molar-refractivity contribution in [2.75, 3.05) is 11.9 Å². The molecule has 0 aliphatic carbocycles. The first-order chi connectivity index (χ1) is 11.5. The normalized spacial score (nSPS) is 10.6. The van der Waals surface area contributed by atoms with Crippen LogP contribution in [0, 0.1) is 12.7 Å². The van der Waals surface area contributed by atoms with Gasteiger partial charge in [0.05, 0.1) is 10.2 Å². The van der Waals surface area contributed by atoms with Crippen LogP contribution >= 0.6 is 15.9 Å². The Labute approximate surface area is 147 Å². The van der Waals surface area contributed by atoms with Gasteiger partial charge in [-0.1, -0.05) is 36.4 Å². The van der Waals surface area contributed by atoms with E-state index in [1.165, 1.54) is 6.07 Å². The van der Waals surface area contributed by atoms with Gasteiger partial charge in [-0.15, -0.1) is 0 Å². The van der Waals surface area contributed by atoms with E-state index in [0.717, 1.165) is 20.8 Å². The molecule has 3 aromatic carbocycles. The highest BCUT2D eigenvalue weighted by Crippen LogP contribution is 2.33. The Balaban J connectivity index is 1.70. The van der Waals surface area contributed by atoms with Gasteiger partial charge < -0.3 is 10.1 Å². The van der Waals surface area contributed by atoms with Crippen molar-refractivity contribution < 1.29 is 13.9 Å². The predicted molar refractivity (Wildman–Crippen MR) is 96.9 cm³/mol. The molecule has 1 N–H and O–H groups in total. The van der Waals surface area contributed by atoms with Gasteiger partial charge in [-0.05, 0) is 57.4 Å². The highest BCUT2D eigenvalue weighted by molar-refractivity contribution is 9.10. The second kappa shape index (κ2) is 7.01. The van der Waals surface area contributed by atoms with Gasteiger partial charge in [0.15, 0.2) is 6.61 Å². The second-order valence-corrected chi connectivity index (χ2v) is 6.21. The molecule has 5 heteroatoms. The van der Waals surface area contributed by atoms with Gasteiger partial charge in [0.25, 0.3) is 5.91 Å². The van der Waals surface area contributed by atoms with Gasteiger partial charge in [0.2, 0.25) is 0 Å². The first-order valence-corrected chi connectivity index (χ1v) is 8.20. The van der Waals surface area contributed by atoms with Crippen LogP contribution < -0.4 is 10.1 Å². The maximum Gasteiger partial charge on any atom is 0.262 e. The van der Waals surface area contributed by atoms with E-state index in [0.29, 0.717) is 5.75 Å². The zero-order valence-electron chi connectivity index (χ0n) is 13.0. The summed E-state index contributed by atoms with van der Waals surface area (Å²) in [6.07, 6.45) is 0. The maximum atomic E-state index is 13.7. The third-order valence-corrected chi connectivity index (χ3v) is 4.40. The average molecular weight is 388 g/mol. The maximum absolute atomic E-state index is 13.7. The Bertz CT molecular complexity index is 911. The van der Waals surface area contributed by atoms with Crippen LogP contribution in [0.15, 0.2) is 59.1 Å². The van der Waals surface area contributed by atoms with Crippen molar-refractivity contribution in [3.05, 3.63) is 70.5 Å². The number of aryl methyl sites for hydroxylation is 1. The van der Waals surface area contributed by atoms with E-state index in [1.807, 2.05) is 37.3 Å². The fourth-order valence-corrected chi connectivity index (χ4v) is 3.00. The third-order valence-electron chi connectivity index (χ3n) is 3.58. The summed E-state index contributed by atoms with van der Waals surface area (Å²) in [6, 6.07) is 16.1. The highest BCUT2D eigenvalue weighted by Gasteiger charge is 2.10. The molecule has 0 atom stereocenters. The molecule has 0 saturated carbocycles. The third kappa shape index (κ3) is 3.57. The Morgan fingerprint density at radius 2 is 1.96 bits per heavy atom. The SMILES string of the molecule is Cc1ccc(F)c(NC(=O)COc2ccc3ccccc3c2Br)c1. The topological polar surface area (TPSA) is 38.3 Å². The van der Waals surface area contributed by atoms with Crippen molar-refractivity contribution in [3.8, 4) is 5.75 Å². The standard InChI is InChI=1S/C19H15BrFNO2/c1-12-6-8-15(21)16(10-12)22-18(23)11-24-17-9-7-13-4-2-3-5-14(13)19(17)20/h2-10H,11H2,1H3,(H,22,23). The molecular weight excluding hydrogens is 373 g/mol. The zero-order chi connectivity index (χ0) is 17.1. The molecule has 0 bridgehead atoms. The summed E-state index contributed by atoms with van der Waals surface area (Å²) in [4.78, 5) is 12.0. The largest absolute Gasteiger partial charge is 0.483 e. The van der Waals surface area contributed by atoms with Gasteiger partial charge in [-0.3, -0.25) is 4.79 Å². The fourth-order valence-electron chi connectivity index (χ4n) is 2.39. The Morgan fingerprint density at radius 1 is 1.17 bits per heavy atom. The van der Waals surface area contributed by atoms with Crippen molar-refractivity contribution in [1.29, 1.82) is 0 Å². The molecule has 24 heavy (non-hydrogen) atoms. The number of carbonyl (C=O) groups is 1. The summed E-state index contributed by atoms with van der Waals surface area (Å²) < 4.78 is 20.0. The van der Waals surface area contributed by atoms with E-state index < -0.39 is 11.7 Å². The molecule has 3 rings (SSSR count). The molecule has 3 nitrogen and oxygen atoms in total. The van der Waals surface area contributed by atoms with Crippen molar-refractivity contribution in [3.63, 3.8) is 0 Å². The molecular formula is C19H15BrFNO2. The van der Waals surface area contributed by atoms with E-state index >= 15 is 0 Å². The van der Waals surface area contributed by atoms with E-state index in [1.54, 1.807) is 18.2 Å². The second-order valence-electron chi connectivity index (χ2n) is 5.42. The number of rotatable bonds is 4. The van der Waals surface area contributed by atoms with Crippen molar-refractivity contribution in [2.45, 2.75) is 6.92 Å². The number of amides is 1. The van der Waals surface area contributed by atoms with Crippen LogP contribution in [0.1, 0.15) is 5.56 Å². The molecule has 0 heterocycles. The molecule has 0 spiro atoms. The van der Waals surface area contributed by atoms with Crippen molar-refractivity contribution in [2.24, 2.45) is 0 Å². The van der Waals surface area contributed by atoms with Crippen molar-refractivity contribution in [1.82, 2.24) is 0 Å². The lowest BCUT2D eigenvalue weighted by Crippen LogP contribution is -2.21. The van der Waals surface area contributed by atoms with Gasteiger partial charge in [0, 0.05) is 0 Å². The lowest BCUT2D eigenvalue weighted by molar-refractivity contribution is -0.118. The Morgan fingerprint density at radius 3 is 2.79 bits per heavy atom. The molecule has 122 valence electrons. The van der Waals surface area contributed by atoms with Crippen LogP contribution in [0.5, 0.6) is 5.75 Å². The fraction of sp³-hybridized carbons (Fsp3) is 0.105. The van der Waals surface area contributed by atoms with Crippen LogP contribution in [0.4, 0.5) is 10.1 Å². The molecule has 0 unspecified atom stereocenters. The molecule has 3 aromatic rings. The van der Waals surface area contributed by atoms with Crippen LogP contribution in [0.2, 0.25) is 0 Å². The van der Waals surface area contributed by atoms with Gasteiger partial charge in [0.1, 0.15) is 11.6 Å². The Hall–Kier alpha value is -2.40. The van der Waals surface area contributed by atoms with E-state index in [9.17, 15) is 9.18 Å². The highest BCUT2D eigenvalue weighted by atomic mass is 79.9. The van der Waals surface area contributed by atoms with E-state index in [4.69, 9.17) is 4.74 Å². The number of hydrogen-bond donors (Lipinski definition) is 1. The molecule has 0 aliphatic heterocycles. The molecule has 1 amide bonds. The number of benzene rings is 3. The summed E-state index contributed by atoms with van der Waals surface area (Å²) >= 11 is 3.50. The van der Waals surface area contributed by atoms with Crippen molar-refractivity contribution >= 4 is 38.3 Å². The number of ether oxygens (including phenoxy) is 1. The minimum Gasteiger partial charge on any atom is -0.483 e. The van der Waals surface area contributed by atoms with Crippen LogP contribution in [0.25, 0.3) is 10.8 Å². The minimum atomic E-state index is -0.471. The van der Waals surface area contributed by atoms with Crippen LogP contribution in [-0.2, 0) is 4.79 Å². The number of hydrogen-bond acceptors (Lipinski definition) is 2. The molecule has 0 saturated heterocycles. The monoisotopic (exact) mass is 387 g/mol. The summed E-state index contributed by atoms with van der Waals surface area (Å²) in [6.45, 7) is 1.63. The summed E-state index contributed by atoms with van der Waals surface area (Å²) in [5, 5.41) is 4.60. The molecule has 0 aromatic heterocycles. The number of fused-ring (bicyclic) bond motifs is 1. The number of halogens is 2. The molecule has 0 aliphatic rings. The minimum absolute atomic E-state index is 0.154. The van der Waals surface area contributed by atoms with Crippen LogP contribution in [-0.4, -0.2) is 12.5 Å². The number of anilines is 1. The first kappa shape index (κ1) is 16.5. The van der Waals surface area contributed by atoms with Gasteiger partial charge in [-0.2, -0.15) is 0 Å². The number of nitrogens with one attached hydrogen (secondary N) is 1. The van der Waals surface area contributed by atoms with Crippen LogP contribution in [0.3, 0.4) is 0 Å². The smallest absolute Gasteiger partial charge is 0.262 e. The summed E-state index contributed by atoms with van der Waals surface area (Å²) in [7, 11) is 0. The van der Waals surface area contributed by atoms with Gasteiger partial charge in [-0.25, -0.2) is 4.39 Å². The Kier molecular flexibility index (Phi) is 4.81. The molecule has 0 fully saturated rings. The lowest BCUT2D eigenvalue weighted by atomic mass is 10.1. The quantitative estimate of drug-likeness (QED) is 0.678. The first-order valence-electron chi connectivity index (χ1n) is 7.40. The van der Waals surface area contributed by atoms with E-state index in [-0.39, 0.29) is 12.3 Å². The zero-order valence-corrected chi connectivity index (χ0v) is 14.6. The number of carbonyl (C=O) groups excluding carboxylic acids is 1. The predicted octanol–water partition coefficient (Wildman–Crippen LogP) is 5.07. The average Bonchev–Trinajstić information content (AvgIpc) is 2.58. The lowest BCUT2D eigenvalue weighted by Gasteiger charge is -2.11.